The molecule has 0 aliphatic rings. The SMILES string of the molecule is COc1ccc(OC)c(Nc2ccc(NC(=O)c3cccc(C)c3)cc2)c1. The number of ether oxygens (including phenoxy) is 2. The summed E-state index contributed by atoms with van der Waals surface area (Å²) in [5.41, 5.74) is 4.08. The van der Waals surface area contributed by atoms with Gasteiger partial charge in [-0.3, -0.25) is 4.79 Å². The van der Waals surface area contributed by atoms with E-state index in [1.54, 1.807) is 20.3 Å². The van der Waals surface area contributed by atoms with E-state index >= 15 is 0 Å². The van der Waals surface area contributed by atoms with Crippen LogP contribution in [0.1, 0.15) is 15.9 Å². The largest absolute Gasteiger partial charge is 0.497 e. The van der Waals surface area contributed by atoms with Gasteiger partial charge in [-0.05, 0) is 55.5 Å². The van der Waals surface area contributed by atoms with Crippen molar-refractivity contribution in [3.05, 3.63) is 77.9 Å². The molecule has 5 heteroatoms. The number of amides is 1. The van der Waals surface area contributed by atoms with Gasteiger partial charge in [0.15, 0.2) is 0 Å². The summed E-state index contributed by atoms with van der Waals surface area (Å²) >= 11 is 0. The zero-order valence-corrected chi connectivity index (χ0v) is 15.6. The molecule has 0 radical (unpaired) electrons. The van der Waals surface area contributed by atoms with Crippen LogP contribution in [-0.2, 0) is 0 Å². The molecule has 2 N–H and O–H groups in total. The molecule has 27 heavy (non-hydrogen) atoms. The Labute approximate surface area is 158 Å². The fraction of sp³-hybridized carbons (Fsp3) is 0.136. The second kappa shape index (κ2) is 8.27. The van der Waals surface area contributed by atoms with Crippen molar-refractivity contribution >= 4 is 23.0 Å². The molecule has 3 aromatic carbocycles. The molecule has 5 nitrogen and oxygen atoms in total. The fourth-order valence-corrected chi connectivity index (χ4v) is 2.69. The van der Waals surface area contributed by atoms with Crippen LogP contribution < -0.4 is 20.1 Å². The van der Waals surface area contributed by atoms with Gasteiger partial charge in [-0.25, -0.2) is 0 Å². The molecule has 0 unspecified atom stereocenters. The third-order valence-electron chi connectivity index (χ3n) is 4.11. The van der Waals surface area contributed by atoms with Gasteiger partial charge in [0.2, 0.25) is 0 Å². The van der Waals surface area contributed by atoms with Gasteiger partial charge in [0.1, 0.15) is 11.5 Å². The lowest BCUT2D eigenvalue weighted by Crippen LogP contribution is -2.11. The number of hydrogen-bond donors (Lipinski definition) is 2. The normalized spacial score (nSPS) is 10.2. The molecule has 0 saturated heterocycles. The summed E-state index contributed by atoms with van der Waals surface area (Å²) in [5, 5.41) is 6.21. The van der Waals surface area contributed by atoms with E-state index in [2.05, 4.69) is 10.6 Å². The maximum atomic E-state index is 12.3. The van der Waals surface area contributed by atoms with Crippen LogP contribution in [0.4, 0.5) is 17.1 Å². The maximum Gasteiger partial charge on any atom is 0.255 e. The molecule has 0 saturated carbocycles. The lowest BCUT2D eigenvalue weighted by molar-refractivity contribution is 0.102. The minimum absolute atomic E-state index is 0.131. The molecular formula is C22H22N2O3. The average molecular weight is 362 g/mol. The first kappa shape index (κ1) is 18.3. The van der Waals surface area contributed by atoms with Gasteiger partial charge in [0.05, 0.1) is 19.9 Å². The molecule has 0 aromatic heterocycles. The van der Waals surface area contributed by atoms with E-state index in [-0.39, 0.29) is 5.91 Å². The van der Waals surface area contributed by atoms with E-state index in [1.807, 2.05) is 67.6 Å². The zero-order valence-electron chi connectivity index (χ0n) is 15.6. The van der Waals surface area contributed by atoms with Crippen LogP contribution in [-0.4, -0.2) is 20.1 Å². The van der Waals surface area contributed by atoms with Crippen LogP contribution in [0, 0.1) is 6.92 Å². The summed E-state index contributed by atoms with van der Waals surface area (Å²) in [4.78, 5) is 12.3. The van der Waals surface area contributed by atoms with E-state index in [1.165, 1.54) is 0 Å². The first-order valence-electron chi connectivity index (χ1n) is 8.56. The van der Waals surface area contributed by atoms with Gasteiger partial charge in [-0.2, -0.15) is 0 Å². The third kappa shape index (κ3) is 4.58. The lowest BCUT2D eigenvalue weighted by atomic mass is 10.1. The predicted octanol–water partition coefficient (Wildman–Crippen LogP) is 5.01. The van der Waals surface area contributed by atoms with Crippen molar-refractivity contribution < 1.29 is 14.3 Å². The molecule has 0 atom stereocenters. The van der Waals surface area contributed by atoms with Crippen molar-refractivity contribution in [1.29, 1.82) is 0 Å². The second-order valence-corrected chi connectivity index (χ2v) is 6.09. The number of anilines is 3. The van der Waals surface area contributed by atoms with Gasteiger partial charge < -0.3 is 20.1 Å². The molecule has 0 bridgehead atoms. The van der Waals surface area contributed by atoms with E-state index in [4.69, 9.17) is 9.47 Å². The lowest BCUT2D eigenvalue weighted by Gasteiger charge is -2.13. The maximum absolute atomic E-state index is 12.3. The molecule has 3 aromatic rings. The van der Waals surface area contributed by atoms with Crippen molar-refractivity contribution in [1.82, 2.24) is 0 Å². The summed E-state index contributed by atoms with van der Waals surface area (Å²) in [5.74, 6) is 1.32. The molecule has 1 amide bonds. The number of methoxy groups -OCH3 is 2. The number of nitrogens with one attached hydrogen (secondary N) is 2. The highest BCUT2D eigenvalue weighted by Crippen LogP contribution is 2.31. The van der Waals surface area contributed by atoms with E-state index < -0.39 is 0 Å². The molecular weight excluding hydrogens is 340 g/mol. The molecule has 0 heterocycles. The molecule has 0 aliphatic carbocycles. The summed E-state index contributed by atoms with van der Waals surface area (Å²) in [7, 11) is 3.24. The zero-order chi connectivity index (χ0) is 19.2. The Bertz CT molecular complexity index is 937. The van der Waals surface area contributed by atoms with Crippen molar-refractivity contribution in [3.63, 3.8) is 0 Å². The Kier molecular flexibility index (Phi) is 5.61. The number of aryl methyl sites for hydroxylation is 1. The van der Waals surface area contributed by atoms with Crippen LogP contribution in [0.5, 0.6) is 11.5 Å². The smallest absolute Gasteiger partial charge is 0.255 e. The van der Waals surface area contributed by atoms with Crippen molar-refractivity contribution in [2.75, 3.05) is 24.9 Å². The Balaban J connectivity index is 1.71. The standard InChI is InChI=1S/C22H22N2O3/c1-15-5-4-6-16(13-15)22(25)24-18-9-7-17(8-10-18)23-20-14-19(26-2)11-12-21(20)27-3/h4-14,23H,1-3H3,(H,24,25). The number of rotatable bonds is 6. The van der Waals surface area contributed by atoms with Crippen LogP contribution in [0.2, 0.25) is 0 Å². The predicted molar refractivity (Wildman–Crippen MR) is 108 cm³/mol. The molecule has 0 spiro atoms. The van der Waals surface area contributed by atoms with Crippen molar-refractivity contribution in [2.45, 2.75) is 6.92 Å². The summed E-state index contributed by atoms with van der Waals surface area (Å²) in [6.07, 6.45) is 0. The average Bonchev–Trinajstić information content (AvgIpc) is 2.69. The highest BCUT2D eigenvalue weighted by atomic mass is 16.5. The first-order chi connectivity index (χ1) is 13.1. The Hall–Kier alpha value is -3.47. The monoisotopic (exact) mass is 362 g/mol. The molecule has 0 fully saturated rings. The van der Waals surface area contributed by atoms with Crippen LogP contribution in [0.3, 0.4) is 0 Å². The fourth-order valence-electron chi connectivity index (χ4n) is 2.69. The van der Waals surface area contributed by atoms with Gasteiger partial charge >= 0.3 is 0 Å². The van der Waals surface area contributed by atoms with Gasteiger partial charge in [-0.1, -0.05) is 17.7 Å². The van der Waals surface area contributed by atoms with Crippen LogP contribution in [0.15, 0.2) is 66.7 Å². The highest BCUT2D eigenvalue weighted by molar-refractivity contribution is 6.04. The molecule has 3 rings (SSSR count). The van der Waals surface area contributed by atoms with Gasteiger partial charge in [-0.15, -0.1) is 0 Å². The van der Waals surface area contributed by atoms with E-state index in [9.17, 15) is 4.79 Å². The third-order valence-corrected chi connectivity index (χ3v) is 4.11. The molecule has 0 aliphatic heterocycles. The van der Waals surface area contributed by atoms with Crippen molar-refractivity contribution in [3.8, 4) is 11.5 Å². The summed E-state index contributed by atoms with van der Waals surface area (Å²) in [6, 6.07) is 20.5. The van der Waals surface area contributed by atoms with Crippen molar-refractivity contribution in [2.24, 2.45) is 0 Å². The minimum atomic E-state index is -0.131. The van der Waals surface area contributed by atoms with E-state index in [0.717, 1.165) is 28.4 Å². The van der Waals surface area contributed by atoms with Gasteiger partial charge in [0.25, 0.3) is 5.91 Å². The number of carbonyl (C=O) groups excluding carboxylic acids is 1. The first-order valence-corrected chi connectivity index (χ1v) is 8.56. The van der Waals surface area contributed by atoms with Crippen LogP contribution >= 0.6 is 0 Å². The summed E-state index contributed by atoms with van der Waals surface area (Å²) in [6.45, 7) is 1.96. The quantitative estimate of drug-likeness (QED) is 0.647. The number of benzene rings is 3. The van der Waals surface area contributed by atoms with Crippen LogP contribution in [0.25, 0.3) is 0 Å². The van der Waals surface area contributed by atoms with E-state index in [0.29, 0.717) is 11.3 Å². The highest BCUT2D eigenvalue weighted by Gasteiger charge is 2.08. The van der Waals surface area contributed by atoms with Gasteiger partial charge in [0, 0.05) is 23.0 Å². The summed E-state index contributed by atoms with van der Waals surface area (Å²) < 4.78 is 10.6. The number of hydrogen-bond acceptors (Lipinski definition) is 4. The Morgan fingerprint density at radius 2 is 1.59 bits per heavy atom. The topological polar surface area (TPSA) is 59.6 Å². The second-order valence-electron chi connectivity index (χ2n) is 6.09. The molecule has 138 valence electrons. The Morgan fingerprint density at radius 1 is 0.852 bits per heavy atom. The Morgan fingerprint density at radius 3 is 2.26 bits per heavy atom. The number of carbonyl (C=O) groups is 1. The minimum Gasteiger partial charge on any atom is -0.497 e.